The molecule has 0 heterocycles. The van der Waals surface area contributed by atoms with E-state index in [0.29, 0.717) is 5.75 Å². The molecule has 1 aromatic carbocycles. The molecule has 6 heteroatoms. The first-order valence-corrected chi connectivity index (χ1v) is 7.77. The van der Waals surface area contributed by atoms with Crippen LogP contribution in [0.25, 0.3) is 0 Å². The maximum absolute atomic E-state index is 10.6. The van der Waals surface area contributed by atoms with E-state index >= 15 is 0 Å². The Bertz CT molecular complexity index is 418. The van der Waals surface area contributed by atoms with Crippen molar-refractivity contribution in [1.29, 1.82) is 0 Å². The average molecular weight is 289 g/mol. The minimum Gasteiger partial charge on any atom is -0.492 e. The van der Waals surface area contributed by atoms with E-state index in [1.807, 2.05) is 6.07 Å². The lowest BCUT2D eigenvalue weighted by Gasteiger charge is -2.09. The van der Waals surface area contributed by atoms with Gasteiger partial charge in [-0.05, 0) is 32.1 Å². The topological polar surface area (TPSA) is 75.6 Å². The van der Waals surface area contributed by atoms with Gasteiger partial charge in [-0.25, -0.2) is 0 Å². The molecule has 1 unspecified atom stereocenters. The summed E-state index contributed by atoms with van der Waals surface area (Å²) in [7, 11) is -4.00. The molecule has 1 rings (SSSR count). The van der Waals surface area contributed by atoms with Crippen molar-refractivity contribution in [2.24, 2.45) is 0 Å². The first-order valence-electron chi connectivity index (χ1n) is 6.26. The minimum absolute atomic E-state index is 0.0527. The van der Waals surface area contributed by atoms with E-state index in [4.69, 9.17) is 9.29 Å². The van der Waals surface area contributed by atoms with Crippen LogP contribution in [0, 0.1) is 0 Å². The SMILES string of the molecule is CC(COc1ccccc1)S(=O)(=O)O.CCNCC. The number of hydrogen-bond acceptors (Lipinski definition) is 4. The second-order valence-electron chi connectivity index (χ2n) is 3.91. The summed E-state index contributed by atoms with van der Waals surface area (Å²) in [5.74, 6) is 0.586. The first-order chi connectivity index (χ1) is 8.91. The molecule has 0 aliphatic heterocycles. The summed E-state index contributed by atoms with van der Waals surface area (Å²) in [6.07, 6.45) is 0. The highest BCUT2D eigenvalue weighted by Crippen LogP contribution is 2.09. The van der Waals surface area contributed by atoms with E-state index in [-0.39, 0.29) is 6.61 Å². The Balaban J connectivity index is 0.000000555. The van der Waals surface area contributed by atoms with Gasteiger partial charge >= 0.3 is 0 Å². The lowest BCUT2D eigenvalue weighted by Crippen LogP contribution is -2.24. The van der Waals surface area contributed by atoms with Crippen molar-refractivity contribution < 1.29 is 17.7 Å². The highest BCUT2D eigenvalue weighted by atomic mass is 32.2. The highest BCUT2D eigenvalue weighted by Gasteiger charge is 2.17. The molecule has 0 saturated carbocycles. The molecule has 0 radical (unpaired) electrons. The van der Waals surface area contributed by atoms with Gasteiger partial charge < -0.3 is 10.1 Å². The van der Waals surface area contributed by atoms with Crippen LogP contribution in [0.4, 0.5) is 0 Å². The second kappa shape index (κ2) is 9.77. The number of hydrogen-bond donors (Lipinski definition) is 2. The fraction of sp³-hybridized carbons (Fsp3) is 0.538. The van der Waals surface area contributed by atoms with E-state index in [1.165, 1.54) is 6.92 Å². The highest BCUT2D eigenvalue weighted by molar-refractivity contribution is 7.86. The minimum atomic E-state index is -4.00. The fourth-order valence-electron chi connectivity index (χ4n) is 1.07. The zero-order chi connectivity index (χ0) is 14.7. The molecule has 1 aromatic rings. The average Bonchev–Trinajstić information content (AvgIpc) is 2.38. The predicted octanol–water partition coefficient (Wildman–Crippen LogP) is 1.96. The maximum Gasteiger partial charge on any atom is 0.270 e. The van der Waals surface area contributed by atoms with Crippen molar-refractivity contribution in [3.05, 3.63) is 30.3 Å². The molecule has 0 spiro atoms. The molecule has 1 atom stereocenters. The van der Waals surface area contributed by atoms with Gasteiger partial charge in [0, 0.05) is 0 Å². The summed E-state index contributed by atoms with van der Waals surface area (Å²) >= 11 is 0. The van der Waals surface area contributed by atoms with Gasteiger partial charge in [-0.2, -0.15) is 8.42 Å². The zero-order valence-electron chi connectivity index (χ0n) is 11.7. The summed E-state index contributed by atoms with van der Waals surface area (Å²) < 4.78 is 35.1. The molecule has 0 aliphatic carbocycles. The summed E-state index contributed by atoms with van der Waals surface area (Å²) in [4.78, 5) is 0. The molecule has 0 fully saturated rings. The number of ether oxygens (including phenoxy) is 1. The lowest BCUT2D eigenvalue weighted by atomic mass is 10.3. The van der Waals surface area contributed by atoms with Crippen LogP contribution in [0.5, 0.6) is 5.75 Å². The molecule has 0 bridgehead atoms. The molecule has 2 N–H and O–H groups in total. The second-order valence-corrected chi connectivity index (χ2v) is 5.74. The zero-order valence-corrected chi connectivity index (χ0v) is 12.5. The first kappa shape index (κ1) is 17.9. The van der Waals surface area contributed by atoms with Crippen LogP contribution in [0.2, 0.25) is 0 Å². The van der Waals surface area contributed by atoms with Crippen molar-refractivity contribution in [3.63, 3.8) is 0 Å². The Kier molecular flexibility index (Phi) is 9.20. The largest absolute Gasteiger partial charge is 0.492 e. The molecule has 110 valence electrons. The fourth-order valence-corrected chi connectivity index (χ4v) is 1.31. The van der Waals surface area contributed by atoms with E-state index in [0.717, 1.165) is 13.1 Å². The lowest BCUT2D eigenvalue weighted by molar-refractivity contribution is 0.310. The number of nitrogens with one attached hydrogen (secondary N) is 1. The standard InChI is InChI=1S/C9H12O4S.C4H11N/c1-8(14(10,11)12)7-13-9-5-3-2-4-6-9;1-3-5-4-2/h2-6,8H,7H2,1H3,(H,10,11,12);5H,3-4H2,1-2H3. The van der Waals surface area contributed by atoms with E-state index in [2.05, 4.69) is 19.2 Å². The van der Waals surface area contributed by atoms with Crippen LogP contribution in [0.15, 0.2) is 30.3 Å². The normalized spacial score (nSPS) is 12.2. The number of benzene rings is 1. The van der Waals surface area contributed by atoms with Gasteiger partial charge in [-0.15, -0.1) is 0 Å². The van der Waals surface area contributed by atoms with Crippen molar-refractivity contribution >= 4 is 10.1 Å². The van der Waals surface area contributed by atoms with E-state index < -0.39 is 15.4 Å². The van der Waals surface area contributed by atoms with Gasteiger partial charge in [0.2, 0.25) is 0 Å². The summed E-state index contributed by atoms with van der Waals surface area (Å²) in [5.41, 5.74) is 0. The molecule has 0 aliphatic rings. The Morgan fingerprint density at radius 2 is 1.74 bits per heavy atom. The Morgan fingerprint density at radius 1 is 1.21 bits per heavy atom. The molecule has 19 heavy (non-hydrogen) atoms. The third-order valence-electron chi connectivity index (χ3n) is 2.24. The summed E-state index contributed by atoms with van der Waals surface area (Å²) in [6, 6.07) is 8.84. The van der Waals surface area contributed by atoms with Crippen molar-refractivity contribution in [2.75, 3.05) is 19.7 Å². The third-order valence-corrected chi connectivity index (χ3v) is 3.39. The van der Waals surface area contributed by atoms with Gasteiger partial charge in [0.1, 0.15) is 17.6 Å². The van der Waals surface area contributed by atoms with Crippen molar-refractivity contribution in [3.8, 4) is 5.75 Å². The van der Waals surface area contributed by atoms with Crippen LogP contribution in [-0.4, -0.2) is 37.9 Å². The Hall–Kier alpha value is -1.11. The molecular formula is C13H23NO4S. The number of para-hydroxylation sites is 1. The van der Waals surface area contributed by atoms with Crippen LogP contribution < -0.4 is 10.1 Å². The van der Waals surface area contributed by atoms with E-state index in [1.54, 1.807) is 24.3 Å². The van der Waals surface area contributed by atoms with Crippen molar-refractivity contribution in [2.45, 2.75) is 26.0 Å². The quantitative estimate of drug-likeness (QED) is 0.783. The van der Waals surface area contributed by atoms with Gasteiger partial charge in [0.15, 0.2) is 0 Å². The predicted molar refractivity (Wildman–Crippen MR) is 77.2 cm³/mol. The van der Waals surface area contributed by atoms with Crippen LogP contribution in [-0.2, 0) is 10.1 Å². The van der Waals surface area contributed by atoms with Crippen LogP contribution in [0.3, 0.4) is 0 Å². The molecule has 0 amide bonds. The van der Waals surface area contributed by atoms with Crippen LogP contribution >= 0.6 is 0 Å². The third kappa shape index (κ3) is 9.47. The Labute approximate surface area is 115 Å². The molecule has 0 saturated heterocycles. The van der Waals surface area contributed by atoms with Gasteiger partial charge in [0.05, 0.1) is 0 Å². The van der Waals surface area contributed by atoms with Gasteiger partial charge in [-0.1, -0.05) is 32.0 Å². The summed E-state index contributed by atoms with van der Waals surface area (Å²) in [6.45, 7) is 7.72. The van der Waals surface area contributed by atoms with Gasteiger partial charge in [-0.3, -0.25) is 4.55 Å². The van der Waals surface area contributed by atoms with Gasteiger partial charge in [0.25, 0.3) is 10.1 Å². The van der Waals surface area contributed by atoms with Crippen LogP contribution in [0.1, 0.15) is 20.8 Å². The monoisotopic (exact) mass is 289 g/mol. The van der Waals surface area contributed by atoms with Crippen molar-refractivity contribution in [1.82, 2.24) is 5.32 Å². The molecular weight excluding hydrogens is 266 g/mol. The summed E-state index contributed by atoms with van der Waals surface area (Å²) in [5, 5.41) is 2.20. The van der Waals surface area contributed by atoms with E-state index in [9.17, 15) is 8.42 Å². The Morgan fingerprint density at radius 3 is 2.11 bits per heavy atom. The number of rotatable bonds is 6. The maximum atomic E-state index is 10.6. The molecule has 0 aromatic heterocycles. The molecule has 5 nitrogen and oxygen atoms in total. The smallest absolute Gasteiger partial charge is 0.270 e.